The van der Waals surface area contributed by atoms with E-state index in [0.29, 0.717) is 0 Å². The molecule has 0 spiro atoms. The standard InChI is InChI=1S/C18H22FN3/c19-16-2-1-3-17(15(16)12-20)21-6-8-22(9-7-21)18-11-13-4-5-14(18)10-13/h1-3,13-14,18H,4-11H2. The van der Waals surface area contributed by atoms with Crippen molar-refractivity contribution in [2.24, 2.45) is 11.8 Å². The van der Waals surface area contributed by atoms with Gasteiger partial charge in [0.05, 0.1) is 5.69 Å². The van der Waals surface area contributed by atoms with Crippen LogP contribution in [0.15, 0.2) is 18.2 Å². The summed E-state index contributed by atoms with van der Waals surface area (Å²) in [6.07, 6.45) is 5.68. The highest BCUT2D eigenvalue weighted by Crippen LogP contribution is 2.46. The Morgan fingerprint density at radius 3 is 2.55 bits per heavy atom. The summed E-state index contributed by atoms with van der Waals surface area (Å²) < 4.78 is 13.8. The van der Waals surface area contributed by atoms with Crippen LogP contribution in [0.2, 0.25) is 0 Å². The van der Waals surface area contributed by atoms with Gasteiger partial charge >= 0.3 is 0 Å². The molecule has 0 radical (unpaired) electrons. The summed E-state index contributed by atoms with van der Waals surface area (Å²) in [6.45, 7) is 3.86. The van der Waals surface area contributed by atoms with E-state index in [9.17, 15) is 9.65 Å². The maximum Gasteiger partial charge on any atom is 0.143 e. The first kappa shape index (κ1) is 14.0. The zero-order chi connectivity index (χ0) is 15.1. The van der Waals surface area contributed by atoms with Gasteiger partial charge in [0, 0.05) is 32.2 Å². The number of benzene rings is 1. The van der Waals surface area contributed by atoms with E-state index in [-0.39, 0.29) is 5.56 Å². The highest BCUT2D eigenvalue weighted by molar-refractivity contribution is 5.60. The summed E-state index contributed by atoms with van der Waals surface area (Å²) in [5.41, 5.74) is 0.950. The maximum absolute atomic E-state index is 13.8. The topological polar surface area (TPSA) is 30.3 Å². The van der Waals surface area contributed by atoms with Gasteiger partial charge in [0.2, 0.25) is 0 Å². The van der Waals surface area contributed by atoms with E-state index in [2.05, 4.69) is 9.80 Å². The molecule has 3 unspecified atom stereocenters. The van der Waals surface area contributed by atoms with Gasteiger partial charge in [0.15, 0.2) is 0 Å². The average Bonchev–Trinajstić information content (AvgIpc) is 3.18. The molecule has 1 heterocycles. The Morgan fingerprint density at radius 2 is 1.91 bits per heavy atom. The quantitative estimate of drug-likeness (QED) is 0.841. The van der Waals surface area contributed by atoms with E-state index in [1.165, 1.54) is 31.7 Å². The molecule has 2 bridgehead atoms. The molecule has 1 aliphatic heterocycles. The molecule has 0 aromatic heterocycles. The number of nitriles is 1. The van der Waals surface area contributed by atoms with Gasteiger partial charge in [0.25, 0.3) is 0 Å². The van der Waals surface area contributed by atoms with Crippen molar-refractivity contribution in [3.8, 4) is 6.07 Å². The van der Waals surface area contributed by atoms with Crippen LogP contribution >= 0.6 is 0 Å². The Labute approximate surface area is 131 Å². The fourth-order valence-electron chi connectivity index (χ4n) is 4.84. The van der Waals surface area contributed by atoms with Gasteiger partial charge in [-0.2, -0.15) is 5.26 Å². The van der Waals surface area contributed by atoms with Crippen LogP contribution in [0.25, 0.3) is 0 Å². The van der Waals surface area contributed by atoms with Crippen molar-refractivity contribution in [3.05, 3.63) is 29.6 Å². The van der Waals surface area contributed by atoms with Crippen LogP contribution in [-0.2, 0) is 0 Å². The number of fused-ring (bicyclic) bond motifs is 2. The van der Waals surface area contributed by atoms with Crippen molar-refractivity contribution < 1.29 is 4.39 Å². The first-order valence-corrected chi connectivity index (χ1v) is 8.44. The van der Waals surface area contributed by atoms with Crippen LogP contribution in [0.1, 0.15) is 31.2 Å². The zero-order valence-corrected chi connectivity index (χ0v) is 12.8. The van der Waals surface area contributed by atoms with Crippen LogP contribution in [-0.4, -0.2) is 37.1 Å². The molecule has 2 saturated carbocycles. The molecule has 1 saturated heterocycles. The second-order valence-corrected chi connectivity index (χ2v) is 7.01. The Balaban J connectivity index is 1.44. The first-order chi connectivity index (χ1) is 10.8. The highest BCUT2D eigenvalue weighted by atomic mass is 19.1. The number of halogens is 1. The van der Waals surface area contributed by atoms with Crippen molar-refractivity contribution in [2.45, 2.75) is 31.7 Å². The molecule has 4 heteroatoms. The molecule has 22 heavy (non-hydrogen) atoms. The molecule has 1 aromatic rings. The third-order valence-electron chi connectivity index (χ3n) is 5.93. The molecule has 4 rings (SSSR count). The number of nitrogens with zero attached hydrogens (tertiary/aromatic N) is 3. The molecule has 2 aliphatic carbocycles. The largest absolute Gasteiger partial charge is 0.368 e. The van der Waals surface area contributed by atoms with Crippen molar-refractivity contribution in [1.29, 1.82) is 5.26 Å². The molecule has 1 aromatic carbocycles. The molecule has 0 N–H and O–H groups in total. The Bertz CT molecular complexity index is 601. The minimum absolute atomic E-state index is 0.191. The lowest BCUT2D eigenvalue weighted by Crippen LogP contribution is -2.52. The van der Waals surface area contributed by atoms with Crippen molar-refractivity contribution in [3.63, 3.8) is 0 Å². The summed E-state index contributed by atoms with van der Waals surface area (Å²) in [5.74, 6) is 1.48. The van der Waals surface area contributed by atoms with Crippen LogP contribution in [0, 0.1) is 29.0 Å². The normalized spacial score (nSPS) is 31.5. The van der Waals surface area contributed by atoms with Gasteiger partial charge < -0.3 is 4.90 Å². The summed E-state index contributed by atoms with van der Waals surface area (Å²) in [4.78, 5) is 4.82. The van der Waals surface area contributed by atoms with E-state index in [1.807, 2.05) is 12.1 Å². The SMILES string of the molecule is N#Cc1c(F)cccc1N1CCN(C2CC3CCC2C3)CC1. The van der Waals surface area contributed by atoms with Crippen LogP contribution in [0.5, 0.6) is 0 Å². The van der Waals surface area contributed by atoms with Crippen molar-refractivity contribution in [2.75, 3.05) is 31.1 Å². The minimum atomic E-state index is -0.407. The number of hydrogen-bond donors (Lipinski definition) is 0. The maximum atomic E-state index is 13.8. The van der Waals surface area contributed by atoms with Crippen LogP contribution in [0.3, 0.4) is 0 Å². The molecule has 3 nitrogen and oxygen atoms in total. The molecule has 3 atom stereocenters. The molecular weight excluding hydrogens is 277 g/mol. The summed E-state index contributed by atoms with van der Waals surface area (Å²) >= 11 is 0. The third-order valence-corrected chi connectivity index (χ3v) is 5.93. The number of hydrogen-bond acceptors (Lipinski definition) is 3. The van der Waals surface area contributed by atoms with Crippen molar-refractivity contribution in [1.82, 2.24) is 4.90 Å². The molecule has 0 amide bonds. The number of rotatable bonds is 2. The predicted octanol–water partition coefficient (Wildman–Crippen LogP) is 3.01. The molecule has 3 fully saturated rings. The molecule has 116 valence electrons. The third kappa shape index (κ3) is 2.28. The van der Waals surface area contributed by atoms with Crippen LogP contribution < -0.4 is 4.90 Å². The van der Waals surface area contributed by atoms with E-state index in [1.54, 1.807) is 6.07 Å². The van der Waals surface area contributed by atoms with Gasteiger partial charge in [-0.15, -0.1) is 0 Å². The zero-order valence-electron chi connectivity index (χ0n) is 12.8. The summed E-state index contributed by atoms with van der Waals surface area (Å²) in [6, 6.07) is 7.74. The number of anilines is 1. The lowest BCUT2D eigenvalue weighted by Gasteiger charge is -2.42. The van der Waals surface area contributed by atoms with Gasteiger partial charge in [-0.05, 0) is 43.2 Å². The minimum Gasteiger partial charge on any atom is -0.368 e. The predicted molar refractivity (Wildman–Crippen MR) is 84.1 cm³/mol. The highest BCUT2D eigenvalue weighted by Gasteiger charge is 2.42. The fraction of sp³-hybridized carbons (Fsp3) is 0.611. The Kier molecular flexibility index (Phi) is 3.54. The molecular formula is C18H22FN3. The Morgan fingerprint density at radius 1 is 1.09 bits per heavy atom. The van der Waals surface area contributed by atoms with E-state index in [4.69, 9.17) is 0 Å². The smallest absolute Gasteiger partial charge is 0.143 e. The monoisotopic (exact) mass is 299 g/mol. The lowest BCUT2D eigenvalue weighted by atomic mass is 9.93. The lowest BCUT2D eigenvalue weighted by molar-refractivity contribution is 0.135. The van der Waals surface area contributed by atoms with Gasteiger partial charge in [-0.25, -0.2) is 4.39 Å². The van der Waals surface area contributed by atoms with E-state index < -0.39 is 5.82 Å². The Hall–Kier alpha value is -1.60. The summed E-state index contributed by atoms with van der Waals surface area (Å²) in [5, 5.41) is 9.20. The van der Waals surface area contributed by atoms with E-state index in [0.717, 1.165) is 49.7 Å². The van der Waals surface area contributed by atoms with E-state index >= 15 is 0 Å². The van der Waals surface area contributed by atoms with Gasteiger partial charge in [-0.3, -0.25) is 4.90 Å². The second-order valence-electron chi connectivity index (χ2n) is 7.01. The van der Waals surface area contributed by atoms with Gasteiger partial charge in [-0.1, -0.05) is 12.5 Å². The average molecular weight is 299 g/mol. The van der Waals surface area contributed by atoms with Crippen molar-refractivity contribution >= 4 is 5.69 Å². The first-order valence-electron chi connectivity index (χ1n) is 8.44. The number of piperazine rings is 1. The van der Waals surface area contributed by atoms with Crippen LogP contribution in [0.4, 0.5) is 10.1 Å². The molecule has 3 aliphatic rings. The van der Waals surface area contributed by atoms with Gasteiger partial charge in [0.1, 0.15) is 17.4 Å². The summed E-state index contributed by atoms with van der Waals surface area (Å²) in [7, 11) is 0. The second kappa shape index (κ2) is 5.55. The fourth-order valence-corrected chi connectivity index (χ4v) is 4.84.